The molecule has 0 bridgehead atoms. The Morgan fingerprint density at radius 1 is 1.18 bits per heavy atom. The molecule has 0 aliphatic carbocycles. The Morgan fingerprint density at radius 3 is 2.46 bits per heavy atom. The molecule has 1 saturated heterocycles. The predicted molar refractivity (Wildman–Crippen MR) is 104 cm³/mol. The van der Waals surface area contributed by atoms with E-state index in [0.29, 0.717) is 17.0 Å². The summed E-state index contributed by atoms with van der Waals surface area (Å²) >= 11 is 0. The van der Waals surface area contributed by atoms with E-state index in [-0.39, 0.29) is 11.9 Å². The number of ether oxygens (including phenoxy) is 1. The van der Waals surface area contributed by atoms with Crippen LogP contribution in [-0.2, 0) is 14.4 Å². The number of aliphatic carboxylic acids is 1. The first-order valence-corrected chi connectivity index (χ1v) is 8.63. The Morgan fingerprint density at radius 2 is 1.86 bits per heavy atom. The van der Waals surface area contributed by atoms with E-state index >= 15 is 0 Å². The Kier molecular flexibility index (Phi) is 5.74. The van der Waals surface area contributed by atoms with E-state index in [4.69, 9.17) is 14.7 Å². The summed E-state index contributed by atoms with van der Waals surface area (Å²) < 4.78 is 5.18. The zero-order valence-electron chi connectivity index (χ0n) is 15.5. The number of carbonyl (C=O) groups excluding carboxylic acids is 1. The number of oxime groups is 1. The van der Waals surface area contributed by atoms with Crippen LogP contribution in [0.3, 0.4) is 0 Å². The number of rotatable bonds is 7. The van der Waals surface area contributed by atoms with Crippen LogP contribution in [0, 0.1) is 0 Å². The summed E-state index contributed by atoms with van der Waals surface area (Å²) in [5.74, 6) is -0.550. The Hall–Kier alpha value is -3.61. The lowest BCUT2D eigenvalue weighted by atomic mass is 9.86. The average Bonchev–Trinajstić information content (AvgIpc) is 2.70. The van der Waals surface area contributed by atoms with E-state index in [1.165, 1.54) is 0 Å². The second-order valence-electron chi connectivity index (χ2n) is 6.19. The number of hydrogen-bond acceptors (Lipinski definition) is 5. The van der Waals surface area contributed by atoms with Crippen molar-refractivity contribution in [2.75, 3.05) is 18.6 Å². The Bertz CT molecular complexity index is 920. The first-order valence-electron chi connectivity index (χ1n) is 8.63. The van der Waals surface area contributed by atoms with Crippen molar-refractivity contribution in [1.29, 1.82) is 0 Å². The van der Waals surface area contributed by atoms with Crippen LogP contribution in [0.15, 0.2) is 71.4 Å². The van der Waals surface area contributed by atoms with Gasteiger partial charge in [-0.1, -0.05) is 35.5 Å². The lowest BCUT2D eigenvalue weighted by Crippen LogP contribution is -2.49. The van der Waals surface area contributed by atoms with Crippen LogP contribution >= 0.6 is 0 Å². The van der Waals surface area contributed by atoms with Crippen molar-refractivity contribution in [1.82, 2.24) is 0 Å². The van der Waals surface area contributed by atoms with Crippen molar-refractivity contribution < 1.29 is 24.3 Å². The molecule has 28 heavy (non-hydrogen) atoms. The highest BCUT2D eigenvalue weighted by Crippen LogP contribution is 2.43. The van der Waals surface area contributed by atoms with Crippen LogP contribution in [0.25, 0.3) is 0 Å². The Balaban J connectivity index is 1.91. The minimum Gasteiger partial charge on any atom is -0.497 e. The number of allylic oxidation sites excluding steroid dienone is 1. The van der Waals surface area contributed by atoms with E-state index in [1.807, 2.05) is 42.5 Å². The third-order valence-electron chi connectivity index (χ3n) is 4.25. The van der Waals surface area contributed by atoms with Crippen molar-refractivity contribution in [2.24, 2.45) is 5.16 Å². The SMILES string of the molecule is COc1ccc(N2C(=O)/C(=C/C(C)=NOCC(=O)O)C2c2ccccc2)cc1. The molecule has 0 saturated carbocycles. The molecular formula is C21H20N2O5. The van der Waals surface area contributed by atoms with Gasteiger partial charge in [0.05, 0.1) is 18.9 Å². The van der Waals surface area contributed by atoms with Gasteiger partial charge in [-0.3, -0.25) is 9.69 Å². The first kappa shape index (κ1) is 19.2. The van der Waals surface area contributed by atoms with Crippen LogP contribution in [-0.4, -0.2) is 36.4 Å². The van der Waals surface area contributed by atoms with E-state index in [9.17, 15) is 9.59 Å². The highest BCUT2D eigenvalue weighted by atomic mass is 16.6. The van der Waals surface area contributed by atoms with E-state index in [0.717, 1.165) is 11.3 Å². The molecule has 1 amide bonds. The molecule has 3 rings (SSSR count). The number of nitrogens with zero attached hydrogens (tertiary/aromatic N) is 2. The predicted octanol–water partition coefficient (Wildman–Crippen LogP) is 3.19. The number of β-lactam (4-membered cyclic amide) rings is 1. The maximum atomic E-state index is 12.9. The van der Waals surface area contributed by atoms with Gasteiger partial charge in [0, 0.05) is 11.3 Å². The summed E-state index contributed by atoms with van der Waals surface area (Å²) in [5.41, 5.74) is 2.69. The number of hydrogen-bond donors (Lipinski definition) is 1. The van der Waals surface area contributed by atoms with Gasteiger partial charge < -0.3 is 14.7 Å². The third-order valence-corrected chi connectivity index (χ3v) is 4.25. The molecule has 1 N–H and O–H groups in total. The van der Waals surface area contributed by atoms with Gasteiger partial charge in [0.2, 0.25) is 6.61 Å². The number of anilines is 1. The number of carbonyl (C=O) groups is 2. The fraction of sp³-hybridized carbons (Fsp3) is 0.190. The van der Waals surface area contributed by atoms with E-state index < -0.39 is 12.6 Å². The molecule has 2 aromatic rings. The van der Waals surface area contributed by atoms with Gasteiger partial charge in [0.25, 0.3) is 5.91 Å². The normalized spacial score (nSPS) is 18.0. The highest BCUT2D eigenvalue weighted by Gasteiger charge is 2.43. The second kappa shape index (κ2) is 8.39. The molecule has 0 spiro atoms. The fourth-order valence-corrected chi connectivity index (χ4v) is 3.00. The zero-order valence-corrected chi connectivity index (χ0v) is 15.5. The molecule has 1 aliphatic heterocycles. The summed E-state index contributed by atoms with van der Waals surface area (Å²) in [4.78, 5) is 29.8. The number of amides is 1. The molecular weight excluding hydrogens is 360 g/mol. The molecule has 7 nitrogen and oxygen atoms in total. The summed E-state index contributed by atoms with van der Waals surface area (Å²) in [6.45, 7) is 1.12. The maximum Gasteiger partial charge on any atom is 0.344 e. The van der Waals surface area contributed by atoms with E-state index in [2.05, 4.69) is 5.16 Å². The van der Waals surface area contributed by atoms with Crippen molar-refractivity contribution in [3.63, 3.8) is 0 Å². The second-order valence-corrected chi connectivity index (χ2v) is 6.19. The van der Waals surface area contributed by atoms with Gasteiger partial charge in [-0.05, 0) is 42.8 Å². The molecule has 1 atom stereocenters. The van der Waals surface area contributed by atoms with Crippen LogP contribution in [0.1, 0.15) is 18.5 Å². The highest BCUT2D eigenvalue weighted by molar-refractivity contribution is 6.18. The summed E-state index contributed by atoms with van der Waals surface area (Å²) in [7, 11) is 1.59. The largest absolute Gasteiger partial charge is 0.497 e. The summed E-state index contributed by atoms with van der Waals surface area (Å²) in [6.07, 6.45) is 1.63. The lowest BCUT2D eigenvalue weighted by molar-refractivity contribution is -0.142. The average molecular weight is 380 g/mol. The standard InChI is InChI=1S/C21H20N2O5/c1-14(22-28-13-19(24)25)12-18-20(15-6-4-3-5-7-15)23(21(18)26)16-8-10-17(27-2)11-9-16/h3-12,20H,13H2,1-2H3,(H,24,25)/b18-12+,22-14?. The van der Waals surface area contributed by atoms with Crippen molar-refractivity contribution in [3.8, 4) is 5.75 Å². The van der Waals surface area contributed by atoms with Gasteiger partial charge in [-0.25, -0.2) is 4.79 Å². The third kappa shape index (κ3) is 4.03. The number of carboxylic acids is 1. The molecule has 1 aliphatic rings. The number of methoxy groups -OCH3 is 1. The zero-order chi connectivity index (χ0) is 20.1. The Labute approximate surface area is 162 Å². The van der Waals surface area contributed by atoms with Gasteiger partial charge in [0.15, 0.2) is 0 Å². The molecule has 1 unspecified atom stereocenters. The molecule has 1 fully saturated rings. The molecule has 1 heterocycles. The van der Waals surface area contributed by atoms with Gasteiger partial charge in [-0.2, -0.15) is 0 Å². The summed E-state index contributed by atoms with van der Waals surface area (Å²) in [6, 6.07) is 16.7. The quantitative estimate of drug-likeness (QED) is 0.345. The van der Waals surface area contributed by atoms with Crippen LogP contribution in [0.2, 0.25) is 0 Å². The number of benzene rings is 2. The van der Waals surface area contributed by atoms with Crippen LogP contribution in [0.4, 0.5) is 5.69 Å². The monoisotopic (exact) mass is 380 g/mol. The fourth-order valence-electron chi connectivity index (χ4n) is 3.00. The molecule has 0 aromatic heterocycles. The van der Waals surface area contributed by atoms with E-state index in [1.54, 1.807) is 37.1 Å². The minimum absolute atomic E-state index is 0.146. The molecule has 0 radical (unpaired) electrons. The van der Waals surface area contributed by atoms with Crippen molar-refractivity contribution in [2.45, 2.75) is 13.0 Å². The molecule has 2 aromatic carbocycles. The topological polar surface area (TPSA) is 88.4 Å². The first-order chi connectivity index (χ1) is 13.5. The van der Waals surface area contributed by atoms with Gasteiger partial charge >= 0.3 is 5.97 Å². The van der Waals surface area contributed by atoms with Crippen LogP contribution in [0.5, 0.6) is 5.75 Å². The minimum atomic E-state index is -1.11. The lowest BCUT2D eigenvalue weighted by Gasteiger charge is -2.43. The molecule has 144 valence electrons. The van der Waals surface area contributed by atoms with Gasteiger partial charge in [-0.15, -0.1) is 0 Å². The van der Waals surface area contributed by atoms with Crippen molar-refractivity contribution >= 4 is 23.3 Å². The molecule has 7 heteroatoms. The number of carboxylic acid groups (broad SMARTS) is 1. The van der Waals surface area contributed by atoms with Crippen molar-refractivity contribution in [3.05, 3.63) is 71.8 Å². The smallest absolute Gasteiger partial charge is 0.344 e. The van der Waals surface area contributed by atoms with Crippen LogP contribution < -0.4 is 9.64 Å². The summed E-state index contributed by atoms with van der Waals surface area (Å²) in [5, 5.41) is 12.4. The van der Waals surface area contributed by atoms with Gasteiger partial charge in [0.1, 0.15) is 5.75 Å². The maximum absolute atomic E-state index is 12.9.